The number of aliphatic hydroxyl groups excluding tert-OH is 1. The molecule has 3 nitrogen and oxygen atoms in total. The van der Waals surface area contributed by atoms with Gasteiger partial charge in [0, 0.05) is 12.2 Å². The van der Waals surface area contributed by atoms with Gasteiger partial charge in [0.2, 0.25) is 0 Å². The van der Waals surface area contributed by atoms with E-state index >= 15 is 0 Å². The highest BCUT2D eigenvalue weighted by molar-refractivity contribution is 5.86. The monoisotopic (exact) mass is 440 g/mol. The van der Waals surface area contributed by atoms with E-state index in [9.17, 15) is 4.79 Å². The quantitative estimate of drug-likeness (QED) is 0.104. The van der Waals surface area contributed by atoms with Crippen molar-refractivity contribution < 1.29 is 14.6 Å². The zero-order valence-electron chi connectivity index (χ0n) is 21.5. The average Bonchev–Trinajstić information content (AvgIpc) is 2.76. The van der Waals surface area contributed by atoms with E-state index < -0.39 is 0 Å². The molecule has 0 heterocycles. The maximum absolute atomic E-state index is 11.1. The van der Waals surface area contributed by atoms with Crippen molar-refractivity contribution in [2.75, 3.05) is 13.2 Å². The molecule has 0 amide bonds. The van der Waals surface area contributed by atoms with Gasteiger partial charge in [-0.2, -0.15) is 0 Å². The fraction of sp³-hybridized carbons (Fsp3) is 0.893. The van der Waals surface area contributed by atoms with Crippen LogP contribution in [0.3, 0.4) is 0 Å². The Labute approximate surface area is 195 Å². The molecule has 0 radical (unpaired) electrons. The minimum atomic E-state index is -0.258. The highest BCUT2D eigenvalue weighted by atomic mass is 16.5. The van der Waals surface area contributed by atoms with Crippen LogP contribution in [0.15, 0.2) is 12.2 Å². The molecule has 186 valence electrons. The molecular weight excluding hydrogens is 384 g/mol. The standard InChI is InChI=1S/C16H30O2.C12H26O/c1-4-5-6-7-8-9-10-11-12-13-14-18-16(17)15(2)3;1-2-3-4-5-6-7-8-9-10-11-12-13/h2,4-14H2,1,3H3;13H,2-12H2,1H3. The van der Waals surface area contributed by atoms with Crippen LogP contribution in [0, 0.1) is 0 Å². The van der Waals surface area contributed by atoms with Crippen LogP contribution in [0.4, 0.5) is 0 Å². The summed E-state index contributed by atoms with van der Waals surface area (Å²) in [5.74, 6) is -0.258. The van der Waals surface area contributed by atoms with Crippen LogP contribution in [0.1, 0.15) is 149 Å². The van der Waals surface area contributed by atoms with Crippen molar-refractivity contribution >= 4 is 5.97 Å². The molecule has 0 aromatic carbocycles. The van der Waals surface area contributed by atoms with E-state index in [1.165, 1.54) is 116 Å². The first-order chi connectivity index (χ1) is 15.1. The van der Waals surface area contributed by atoms with Crippen molar-refractivity contribution in [3.8, 4) is 0 Å². The van der Waals surface area contributed by atoms with Crippen LogP contribution >= 0.6 is 0 Å². The zero-order chi connectivity index (χ0) is 23.4. The van der Waals surface area contributed by atoms with Gasteiger partial charge in [-0.3, -0.25) is 0 Å². The van der Waals surface area contributed by atoms with Crippen LogP contribution < -0.4 is 0 Å². The van der Waals surface area contributed by atoms with Crippen LogP contribution in [0.2, 0.25) is 0 Å². The molecule has 31 heavy (non-hydrogen) atoms. The topological polar surface area (TPSA) is 46.5 Å². The molecule has 0 aliphatic heterocycles. The summed E-state index contributed by atoms with van der Waals surface area (Å²) in [6.07, 6.45) is 26.3. The summed E-state index contributed by atoms with van der Waals surface area (Å²) in [5.41, 5.74) is 0.488. The summed E-state index contributed by atoms with van der Waals surface area (Å²) in [4.78, 5) is 11.1. The molecule has 0 bridgehead atoms. The fourth-order valence-corrected chi connectivity index (χ4v) is 3.48. The van der Waals surface area contributed by atoms with E-state index in [0.29, 0.717) is 18.8 Å². The number of aliphatic hydroxyl groups is 1. The molecule has 0 fully saturated rings. The van der Waals surface area contributed by atoms with Crippen molar-refractivity contribution in [3.63, 3.8) is 0 Å². The average molecular weight is 441 g/mol. The molecule has 0 atom stereocenters. The van der Waals surface area contributed by atoms with Crippen molar-refractivity contribution in [2.45, 2.75) is 149 Å². The Kier molecular flexibility index (Phi) is 30.4. The van der Waals surface area contributed by atoms with Gasteiger partial charge in [-0.05, 0) is 19.8 Å². The van der Waals surface area contributed by atoms with E-state index in [4.69, 9.17) is 9.84 Å². The molecule has 0 aliphatic rings. The van der Waals surface area contributed by atoms with Gasteiger partial charge in [-0.25, -0.2) is 4.79 Å². The molecule has 0 aliphatic carbocycles. The Morgan fingerprint density at radius 3 is 1.26 bits per heavy atom. The van der Waals surface area contributed by atoms with Crippen LogP contribution in [-0.2, 0) is 9.53 Å². The molecule has 0 unspecified atom stereocenters. The van der Waals surface area contributed by atoms with Crippen molar-refractivity contribution in [1.29, 1.82) is 0 Å². The number of carbonyl (C=O) groups is 1. The van der Waals surface area contributed by atoms with Gasteiger partial charge in [0.15, 0.2) is 0 Å². The summed E-state index contributed by atoms with van der Waals surface area (Å²) >= 11 is 0. The summed E-state index contributed by atoms with van der Waals surface area (Å²) in [7, 11) is 0. The maximum Gasteiger partial charge on any atom is 0.333 e. The van der Waals surface area contributed by atoms with Crippen molar-refractivity contribution in [3.05, 3.63) is 12.2 Å². The molecule has 0 aromatic rings. The van der Waals surface area contributed by atoms with Crippen LogP contribution in [0.5, 0.6) is 0 Å². The van der Waals surface area contributed by atoms with Crippen LogP contribution in [-0.4, -0.2) is 24.3 Å². The minimum Gasteiger partial charge on any atom is -0.462 e. The number of esters is 1. The second-order valence-electron chi connectivity index (χ2n) is 9.00. The van der Waals surface area contributed by atoms with Crippen molar-refractivity contribution in [1.82, 2.24) is 0 Å². The lowest BCUT2D eigenvalue weighted by Gasteiger charge is -2.04. The molecule has 0 aromatic heterocycles. The summed E-state index contributed by atoms with van der Waals surface area (Å²) < 4.78 is 5.04. The maximum atomic E-state index is 11.1. The highest BCUT2D eigenvalue weighted by Crippen LogP contribution is 2.11. The Balaban J connectivity index is 0. The van der Waals surface area contributed by atoms with E-state index in [0.717, 1.165) is 12.8 Å². The Bertz CT molecular complexity index is 355. The Hall–Kier alpha value is -0.830. The second-order valence-corrected chi connectivity index (χ2v) is 9.00. The first kappa shape index (κ1) is 32.4. The zero-order valence-corrected chi connectivity index (χ0v) is 21.5. The molecule has 0 spiro atoms. The van der Waals surface area contributed by atoms with Gasteiger partial charge in [0.1, 0.15) is 0 Å². The lowest BCUT2D eigenvalue weighted by molar-refractivity contribution is -0.139. The molecule has 0 saturated heterocycles. The van der Waals surface area contributed by atoms with E-state index in [1.807, 2.05) is 0 Å². The lowest BCUT2D eigenvalue weighted by atomic mass is 10.1. The Morgan fingerprint density at radius 2 is 0.935 bits per heavy atom. The number of rotatable bonds is 22. The third-order valence-electron chi connectivity index (χ3n) is 5.59. The van der Waals surface area contributed by atoms with Gasteiger partial charge >= 0.3 is 5.97 Å². The number of carbonyl (C=O) groups excluding carboxylic acids is 1. The predicted molar refractivity (Wildman–Crippen MR) is 137 cm³/mol. The number of ether oxygens (including phenoxy) is 1. The number of unbranched alkanes of at least 4 members (excludes halogenated alkanes) is 18. The Morgan fingerprint density at radius 1 is 0.613 bits per heavy atom. The first-order valence-electron chi connectivity index (χ1n) is 13.5. The van der Waals surface area contributed by atoms with Crippen LogP contribution in [0.25, 0.3) is 0 Å². The molecular formula is C28H56O3. The van der Waals surface area contributed by atoms with E-state index in [1.54, 1.807) is 6.92 Å². The smallest absolute Gasteiger partial charge is 0.333 e. The third kappa shape index (κ3) is 31.4. The van der Waals surface area contributed by atoms with Gasteiger partial charge in [-0.1, -0.05) is 136 Å². The SMILES string of the molecule is C=C(C)C(=O)OCCCCCCCCCCCC.CCCCCCCCCCCCO. The predicted octanol–water partition coefficient (Wildman–Crippen LogP) is 8.93. The molecule has 1 N–H and O–H groups in total. The third-order valence-corrected chi connectivity index (χ3v) is 5.59. The summed E-state index contributed by atoms with van der Waals surface area (Å²) in [5, 5.41) is 8.57. The number of hydrogen-bond donors (Lipinski definition) is 1. The largest absolute Gasteiger partial charge is 0.462 e. The lowest BCUT2D eigenvalue weighted by Crippen LogP contribution is -2.05. The van der Waals surface area contributed by atoms with E-state index in [-0.39, 0.29) is 5.97 Å². The summed E-state index contributed by atoms with van der Waals surface area (Å²) in [6, 6.07) is 0. The minimum absolute atomic E-state index is 0.258. The molecule has 0 saturated carbocycles. The fourth-order valence-electron chi connectivity index (χ4n) is 3.48. The highest BCUT2D eigenvalue weighted by Gasteiger charge is 2.01. The van der Waals surface area contributed by atoms with Gasteiger partial charge in [0.25, 0.3) is 0 Å². The van der Waals surface area contributed by atoms with Gasteiger partial charge in [0.05, 0.1) is 6.61 Å². The molecule has 3 heteroatoms. The van der Waals surface area contributed by atoms with Crippen molar-refractivity contribution in [2.24, 2.45) is 0 Å². The van der Waals surface area contributed by atoms with Gasteiger partial charge in [-0.15, -0.1) is 0 Å². The van der Waals surface area contributed by atoms with E-state index in [2.05, 4.69) is 20.4 Å². The summed E-state index contributed by atoms with van der Waals surface area (Å²) in [6.45, 7) is 10.7. The number of hydrogen-bond acceptors (Lipinski definition) is 3. The molecule has 0 rings (SSSR count). The first-order valence-corrected chi connectivity index (χ1v) is 13.5. The van der Waals surface area contributed by atoms with Gasteiger partial charge < -0.3 is 9.84 Å². The normalized spacial score (nSPS) is 10.5. The second kappa shape index (κ2) is 29.2.